The predicted octanol–water partition coefficient (Wildman–Crippen LogP) is 1.42. The molecule has 4 nitrogen and oxygen atoms in total. The van der Waals surface area contributed by atoms with Crippen LogP contribution in [0.2, 0.25) is 0 Å². The Labute approximate surface area is 80.8 Å². The zero-order valence-corrected chi connectivity index (χ0v) is 7.56. The van der Waals surface area contributed by atoms with Crippen molar-refractivity contribution >= 4 is 11.8 Å². The first-order chi connectivity index (χ1) is 6.77. The molecule has 0 aromatic carbocycles. The largest absolute Gasteiger partial charge is 0.472 e. The summed E-state index contributed by atoms with van der Waals surface area (Å²) in [6, 6.07) is 1.50. The molecular formula is C10H10O4. The van der Waals surface area contributed by atoms with Crippen LogP contribution in [0.3, 0.4) is 0 Å². The zero-order valence-electron chi connectivity index (χ0n) is 7.56. The summed E-state index contributed by atoms with van der Waals surface area (Å²) in [5, 5.41) is 0. The number of furan rings is 1. The summed E-state index contributed by atoms with van der Waals surface area (Å²) in [6.07, 6.45) is 4.55. The maximum absolute atomic E-state index is 11.2. The molecule has 0 radical (unpaired) electrons. The summed E-state index contributed by atoms with van der Waals surface area (Å²) < 4.78 is 9.52. The molecule has 0 atom stereocenters. The van der Waals surface area contributed by atoms with Gasteiger partial charge in [-0.1, -0.05) is 0 Å². The summed E-state index contributed by atoms with van der Waals surface area (Å²) in [5.41, 5.74) is 0.341. The van der Waals surface area contributed by atoms with Crippen LogP contribution in [-0.2, 0) is 9.53 Å². The quantitative estimate of drug-likeness (QED) is 0.680. The van der Waals surface area contributed by atoms with E-state index in [0.29, 0.717) is 5.56 Å². The smallest absolute Gasteiger partial charge is 0.341 e. The molecule has 2 rings (SSSR count). The van der Waals surface area contributed by atoms with Crippen LogP contribution in [0.25, 0.3) is 0 Å². The molecule has 0 unspecified atom stereocenters. The minimum Gasteiger partial charge on any atom is -0.472 e. The first-order valence-corrected chi connectivity index (χ1v) is 4.49. The van der Waals surface area contributed by atoms with Gasteiger partial charge in [-0.05, 0) is 18.9 Å². The molecule has 1 heterocycles. The molecule has 4 heteroatoms. The second-order valence-electron chi connectivity index (χ2n) is 3.33. The van der Waals surface area contributed by atoms with E-state index >= 15 is 0 Å². The molecular weight excluding hydrogens is 184 g/mol. The standard InChI is InChI=1S/C10H10O4/c11-9(7-1-2-7)6-14-10(12)8-3-4-13-5-8/h3-5,7H,1-2,6H2. The Morgan fingerprint density at radius 1 is 1.50 bits per heavy atom. The second-order valence-corrected chi connectivity index (χ2v) is 3.33. The van der Waals surface area contributed by atoms with Crippen molar-refractivity contribution in [1.82, 2.24) is 0 Å². The third-order valence-corrected chi connectivity index (χ3v) is 2.14. The lowest BCUT2D eigenvalue weighted by Gasteiger charge is -2.00. The minimum absolute atomic E-state index is 0.0156. The number of hydrogen-bond donors (Lipinski definition) is 0. The molecule has 1 aliphatic rings. The van der Waals surface area contributed by atoms with Crippen molar-refractivity contribution in [2.45, 2.75) is 12.8 Å². The molecule has 74 valence electrons. The topological polar surface area (TPSA) is 56.5 Å². The van der Waals surface area contributed by atoms with Crippen LogP contribution >= 0.6 is 0 Å². The minimum atomic E-state index is -0.507. The van der Waals surface area contributed by atoms with Crippen molar-refractivity contribution in [1.29, 1.82) is 0 Å². The third-order valence-electron chi connectivity index (χ3n) is 2.14. The predicted molar refractivity (Wildman–Crippen MR) is 46.7 cm³/mol. The molecule has 1 saturated carbocycles. The van der Waals surface area contributed by atoms with Gasteiger partial charge in [0.15, 0.2) is 12.4 Å². The average molecular weight is 194 g/mol. The van der Waals surface area contributed by atoms with E-state index in [1.807, 2.05) is 0 Å². The van der Waals surface area contributed by atoms with E-state index in [1.54, 1.807) is 0 Å². The van der Waals surface area contributed by atoms with Gasteiger partial charge in [-0.25, -0.2) is 4.79 Å². The lowest BCUT2D eigenvalue weighted by atomic mass is 10.3. The first kappa shape index (κ1) is 8.99. The summed E-state index contributed by atoms with van der Waals surface area (Å²) >= 11 is 0. The van der Waals surface area contributed by atoms with Crippen molar-refractivity contribution in [2.24, 2.45) is 5.92 Å². The lowest BCUT2D eigenvalue weighted by Crippen LogP contribution is -2.14. The van der Waals surface area contributed by atoms with Gasteiger partial charge < -0.3 is 9.15 Å². The highest BCUT2D eigenvalue weighted by Gasteiger charge is 2.30. The lowest BCUT2D eigenvalue weighted by molar-refractivity contribution is -0.123. The van der Waals surface area contributed by atoms with Gasteiger partial charge in [-0.2, -0.15) is 0 Å². The highest BCUT2D eigenvalue weighted by atomic mass is 16.5. The number of hydrogen-bond acceptors (Lipinski definition) is 4. The summed E-state index contributed by atoms with van der Waals surface area (Å²) in [4.78, 5) is 22.4. The fourth-order valence-electron chi connectivity index (χ4n) is 1.12. The van der Waals surface area contributed by atoms with Crippen molar-refractivity contribution < 1.29 is 18.7 Å². The molecule has 1 aliphatic carbocycles. The van der Waals surface area contributed by atoms with Crippen molar-refractivity contribution in [3.63, 3.8) is 0 Å². The number of carbonyl (C=O) groups is 2. The molecule has 14 heavy (non-hydrogen) atoms. The fourth-order valence-corrected chi connectivity index (χ4v) is 1.12. The Kier molecular flexibility index (Phi) is 2.35. The van der Waals surface area contributed by atoms with Gasteiger partial charge in [0, 0.05) is 5.92 Å². The molecule has 0 amide bonds. The Morgan fingerprint density at radius 3 is 2.86 bits per heavy atom. The van der Waals surface area contributed by atoms with Crippen LogP contribution in [0.4, 0.5) is 0 Å². The Balaban J connectivity index is 1.80. The normalized spacial score (nSPS) is 15.1. The van der Waals surface area contributed by atoms with E-state index in [2.05, 4.69) is 0 Å². The molecule has 0 aliphatic heterocycles. The van der Waals surface area contributed by atoms with Gasteiger partial charge in [-0.15, -0.1) is 0 Å². The van der Waals surface area contributed by atoms with E-state index in [9.17, 15) is 9.59 Å². The first-order valence-electron chi connectivity index (χ1n) is 4.49. The molecule has 0 bridgehead atoms. The fraction of sp³-hybridized carbons (Fsp3) is 0.400. The Bertz CT molecular complexity index is 335. The van der Waals surface area contributed by atoms with E-state index in [0.717, 1.165) is 12.8 Å². The van der Waals surface area contributed by atoms with Gasteiger partial charge in [0.25, 0.3) is 0 Å². The van der Waals surface area contributed by atoms with Gasteiger partial charge >= 0.3 is 5.97 Å². The maximum Gasteiger partial charge on any atom is 0.341 e. The SMILES string of the molecule is O=C(OCC(=O)C1CC1)c1ccoc1. The number of ketones is 1. The van der Waals surface area contributed by atoms with Gasteiger partial charge in [-0.3, -0.25) is 4.79 Å². The number of ether oxygens (including phenoxy) is 1. The van der Waals surface area contributed by atoms with E-state index in [4.69, 9.17) is 9.15 Å². The second kappa shape index (κ2) is 3.65. The number of rotatable bonds is 4. The van der Waals surface area contributed by atoms with Gasteiger partial charge in [0.2, 0.25) is 0 Å². The molecule has 1 aromatic rings. The van der Waals surface area contributed by atoms with Crippen molar-refractivity contribution in [2.75, 3.05) is 6.61 Å². The summed E-state index contributed by atoms with van der Waals surface area (Å²) in [7, 11) is 0. The van der Waals surface area contributed by atoms with Crippen LogP contribution < -0.4 is 0 Å². The van der Waals surface area contributed by atoms with E-state index in [1.165, 1.54) is 18.6 Å². The molecule has 1 fully saturated rings. The summed E-state index contributed by atoms with van der Waals surface area (Å²) in [5.74, 6) is -0.359. The number of Topliss-reactive ketones (excluding diaryl/α,β-unsaturated/α-hetero) is 1. The van der Waals surface area contributed by atoms with E-state index in [-0.39, 0.29) is 18.3 Å². The highest BCUT2D eigenvalue weighted by Crippen LogP contribution is 2.29. The van der Waals surface area contributed by atoms with Crippen LogP contribution in [0, 0.1) is 5.92 Å². The Morgan fingerprint density at radius 2 is 2.29 bits per heavy atom. The zero-order chi connectivity index (χ0) is 9.97. The summed E-state index contributed by atoms with van der Waals surface area (Å²) in [6.45, 7) is -0.116. The number of carbonyl (C=O) groups excluding carboxylic acids is 2. The number of esters is 1. The van der Waals surface area contributed by atoms with Crippen LogP contribution in [0.1, 0.15) is 23.2 Å². The monoisotopic (exact) mass is 194 g/mol. The molecule has 1 aromatic heterocycles. The maximum atomic E-state index is 11.2. The van der Waals surface area contributed by atoms with Gasteiger partial charge in [0.05, 0.1) is 11.8 Å². The van der Waals surface area contributed by atoms with Crippen LogP contribution in [0.5, 0.6) is 0 Å². The van der Waals surface area contributed by atoms with Crippen molar-refractivity contribution in [3.05, 3.63) is 24.2 Å². The molecule has 0 N–H and O–H groups in total. The van der Waals surface area contributed by atoms with Crippen molar-refractivity contribution in [3.8, 4) is 0 Å². The van der Waals surface area contributed by atoms with Crippen LogP contribution in [0.15, 0.2) is 23.0 Å². The van der Waals surface area contributed by atoms with E-state index < -0.39 is 5.97 Å². The highest BCUT2D eigenvalue weighted by molar-refractivity contribution is 5.92. The molecule has 0 saturated heterocycles. The van der Waals surface area contributed by atoms with Gasteiger partial charge in [0.1, 0.15) is 6.26 Å². The average Bonchev–Trinajstić information content (AvgIpc) is 2.90. The molecule has 0 spiro atoms. The van der Waals surface area contributed by atoms with Crippen LogP contribution in [-0.4, -0.2) is 18.4 Å². The third kappa shape index (κ3) is 2.02. The Hall–Kier alpha value is -1.58.